The van der Waals surface area contributed by atoms with Crippen LogP contribution < -0.4 is 81.4 Å². The summed E-state index contributed by atoms with van der Waals surface area (Å²) in [5.41, 5.74) is 35.0. The number of hydrogen-bond acceptors (Lipinski definition) is 1. The van der Waals surface area contributed by atoms with E-state index >= 15 is 0 Å². The highest BCUT2D eigenvalue weighted by molar-refractivity contribution is 6.73. The van der Waals surface area contributed by atoms with Crippen LogP contribution >= 0.6 is 0 Å². The van der Waals surface area contributed by atoms with Gasteiger partial charge in [-0.1, -0.05) is 165 Å². The monoisotopic (exact) mass is 906 g/mol. The number of benzene rings is 10. The van der Waals surface area contributed by atoms with E-state index in [1.807, 2.05) is 0 Å². The SMILES string of the molecule is Bc1c(B)c(B)c2c(-c3ccc(N(c4ccc(-c5c(B)c(B)c(B)c6c(B)c(B)c(B)c(B)c56)cc4)c4cccc5c4-c4ccccc4C5(c4ccccc4)c4ccccc4)cc3)c(B)c(B)c(B)c2c1B. The Labute approximate surface area is 439 Å². The first kappa shape index (κ1) is 47.7. The zero-order valence-corrected chi connectivity index (χ0v) is 44.9. The minimum atomic E-state index is -0.521. The van der Waals surface area contributed by atoms with Crippen molar-refractivity contribution in [1.29, 1.82) is 0 Å². The van der Waals surface area contributed by atoms with Crippen molar-refractivity contribution in [3.8, 4) is 33.4 Å². The zero-order valence-electron chi connectivity index (χ0n) is 44.9. The molecule has 10 aromatic carbocycles. The third-order valence-corrected chi connectivity index (χ3v) is 18.2. The summed E-state index contributed by atoms with van der Waals surface area (Å²) in [5.74, 6) is 0. The lowest BCUT2D eigenvalue weighted by atomic mass is 9.59. The van der Waals surface area contributed by atoms with Crippen molar-refractivity contribution in [3.63, 3.8) is 0 Å². The van der Waals surface area contributed by atoms with Crippen LogP contribution in [-0.2, 0) is 5.41 Å². The van der Waals surface area contributed by atoms with Gasteiger partial charge < -0.3 is 4.90 Å². The van der Waals surface area contributed by atoms with E-state index in [0.717, 1.165) is 17.1 Å². The molecule has 15 heteroatoms. The first-order valence-corrected chi connectivity index (χ1v) is 26.0. The number of rotatable bonds is 7. The van der Waals surface area contributed by atoms with E-state index in [1.165, 1.54) is 154 Å². The van der Waals surface area contributed by atoms with Crippen LogP contribution in [0.3, 0.4) is 0 Å². The number of fused-ring (bicyclic) bond motifs is 5. The quantitative estimate of drug-likeness (QED) is 0.144. The van der Waals surface area contributed by atoms with Gasteiger partial charge in [-0.15, -0.1) is 32.8 Å². The molecule has 0 N–H and O–H groups in total. The van der Waals surface area contributed by atoms with Gasteiger partial charge in [0.1, 0.15) is 110 Å². The van der Waals surface area contributed by atoms with Gasteiger partial charge in [0.2, 0.25) is 0 Å². The van der Waals surface area contributed by atoms with Crippen molar-refractivity contribution in [2.45, 2.75) is 5.41 Å². The lowest BCUT2D eigenvalue weighted by Crippen LogP contribution is -2.52. The van der Waals surface area contributed by atoms with Gasteiger partial charge in [-0.3, -0.25) is 0 Å². The molecule has 0 spiro atoms. The summed E-state index contributed by atoms with van der Waals surface area (Å²) in [4.78, 5) is 2.53. The lowest BCUT2D eigenvalue weighted by molar-refractivity contribution is 0.768. The van der Waals surface area contributed by atoms with E-state index in [4.69, 9.17) is 0 Å². The van der Waals surface area contributed by atoms with Gasteiger partial charge in [-0.05, 0) is 102 Å². The lowest BCUT2D eigenvalue weighted by Gasteiger charge is -2.34. The van der Waals surface area contributed by atoms with Gasteiger partial charge >= 0.3 is 0 Å². The smallest absolute Gasteiger partial charge is 0.139 e. The maximum absolute atomic E-state index is 2.53. The molecule has 0 fully saturated rings. The number of nitrogens with zero attached hydrogens (tertiary/aromatic N) is 1. The van der Waals surface area contributed by atoms with Gasteiger partial charge in [-0.2, -0.15) is 0 Å². The highest BCUT2D eigenvalue weighted by Crippen LogP contribution is 2.59. The average Bonchev–Trinajstić information content (AvgIpc) is 3.72. The average molecular weight is 903 g/mol. The molecule has 1 aliphatic rings. The number of hydrogen-bond donors (Lipinski definition) is 0. The molecule has 1 aliphatic carbocycles. The Bertz CT molecular complexity index is 3680. The molecule has 0 bridgehead atoms. The van der Waals surface area contributed by atoms with Crippen LogP contribution in [0.15, 0.2) is 152 Å². The van der Waals surface area contributed by atoms with Crippen LogP contribution in [0, 0.1) is 0 Å². The fraction of sp³-hybridized carbons (Fsp3) is 0.0175. The van der Waals surface area contributed by atoms with Crippen molar-refractivity contribution in [1.82, 2.24) is 0 Å². The normalized spacial score (nSPS) is 12.5. The molecule has 10 aromatic rings. The van der Waals surface area contributed by atoms with Crippen molar-refractivity contribution in [2.24, 2.45) is 0 Å². The van der Waals surface area contributed by atoms with Gasteiger partial charge in [0, 0.05) is 16.9 Å². The number of anilines is 3. The summed E-state index contributed by atoms with van der Waals surface area (Å²) in [6.07, 6.45) is 0. The fourth-order valence-electron chi connectivity index (χ4n) is 13.2. The first-order chi connectivity index (χ1) is 34.6. The summed E-state index contributed by atoms with van der Waals surface area (Å²) in [5, 5.41) is 5.58. The summed E-state index contributed by atoms with van der Waals surface area (Å²) < 4.78 is 0. The molecule has 0 radical (unpaired) electrons. The Morgan fingerprint density at radius 2 is 0.611 bits per heavy atom. The van der Waals surface area contributed by atoms with Gasteiger partial charge in [0.25, 0.3) is 0 Å². The molecule has 0 unspecified atom stereocenters. The molecule has 0 heterocycles. The summed E-state index contributed by atoms with van der Waals surface area (Å²) >= 11 is 0. The van der Waals surface area contributed by atoms with Crippen LogP contribution in [0.5, 0.6) is 0 Å². The molecule has 72 heavy (non-hydrogen) atoms. The maximum atomic E-state index is 2.53. The molecule has 1 nitrogen and oxygen atoms in total. The van der Waals surface area contributed by atoms with Crippen molar-refractivity contribution >= 4 is 225 Å². The van der Waals surface area contributed by atoms with Crippen molar-refractivity contribution < 1.29 is 0 Å². The van der Waals surface area contributed by atoms with Crippen molar-refractivity contribution in [2.75, 3.05) is 4.90 Å². The Hall–Kier alpha value is -6.57. The van der Waals surface area contributed by atoms with E-state index in [-0.39, 0.29) is 0 Å². The van der Waals surface area contributed by atoms with Gasteiger partial charge in [0.05, 0.1) is 11.1 Å². The molecule has 0 aliphatic heterocycles. The Morgan fingerprint density at radius 1 is 0.264 bits per heavy atom. The predicted octanol–water partition coefficient (Wildman–Crippen LogP) is -9.22. The third kappa shape index (κ3) is 6.82. The first-order valence-electron chi connectivity index (χ1n) is 26.0. The van der Waals surface area contributed by atoms with Gasteiger partial charge in [-0.25, -0.2) is 0 Å². The molecule has 0 aromatic heterocycles. The van der Waals surface area contributed by atoms with Crippen LogP contribution in [0.1, 0.15) is 22.3 Å². The Morgan fingerprint density at radius 3 is 1.03 bits per heavy atom. The van der Waals surface area contributed by atoms with E-state index in [9.17, 15) is 0 Å². The van der Waals surface area contributed by atoms with Crippen LogP contribution in [0.4, 0.5) is 17.1 Å². The molecular weight excluding hydrogens is 850 g/mol. The predicted molar refractivity (Wildman–Crippen MR) is 359 cm³/mol. The molecular formula is C57H53B14N. The second-order valence-corrected chi connectivity index (χ2v) is 21.2. The van der Waals surface area contributed by atoms with Gasteiger partial charge in [0.15, 0.2) is 0 Å². The molecule has 0 atom stereocenters. The van der Waals surface area contributed by atoms with E-state index in [0.29, 0.717) is 0 Å². The summed E-state index contributed by atoms with van der Waals surface area (Å²) in [7, 11) is 32.4. The van der Waals surface area contributed by atoms with E-state index in [1.54, 1.807) is 0 Å². The Balaban J connectivity index is 1.17. The third-order valence-electron chi connectivity index (χ3n) is 18.2. The van der Waals surface area contributed by atoms with Crippen molar-refractivity contribution in [3.05, 3.63) is 174 Å². The topological polar surface area (TPSA) is 3.24 Å². The molecule has 0 saturated carbocycles. The Kier molecular flexibility index (Phi) is 11.9. The fourth-order valence-corrected chi connectivity index (χ4v) is 13.2. The summed E-state index contributed by atoms with van der Waals surface area (Å²) in [6, 6.07) is 57.4. The molecule has 0 saturated heterocycles. The summed E-state index contributed by atoms with van der Waals surface area (Å²) in [6.45, 7) is 0. The minimum Gasteiger partial charge on any atom is -0.310 e. The maximum Gasteiger partial charge on any atom is 0.139 e. The highest BCUT2D eigenvalue weighted by Gasteiger charge is 2.47. The van der Waals surface area contributed by atoms with E-state index < -0.39 is 5.41 Å². The van der Waals surface area contributed by atoms with Crippen LogP contribution in [0.25, 0.3) is 54.9 Å². The molecule has 328 valence electrons. The molecule has 11 rings (SSSR count). The standard InChI is InChI=1S/C57H53B14N/c58-43-36(39-41(47(62)51(43)66)49(64)55(70)53(68)45(39)60)26-18-22-30(23-19-26)72(31-24-20-27(21-25-31)37-40-42(48(63)52(67)44(37)59)50(65)56(71)54(69)46(40)61)35-17-9-16-34-38(35)32-14-7-8-15-33(32)57(34,28-10-3-1-4-11-28)29-12-5-2-6-13-29/h1-25H,58-71H2. The zero-order chi connectivity index (χ0) is 50.7. The second kappa shape index (κ2) is 17.9. The highest BCUT2D eigenvalue weighted by atomic mass is 15.1. The van der Waals surface area contributed by atoms with E-state index in [2.05, 4.69) is 266 Å². The minimum absolute atomic E-state index is 0.521. The molecule has 0 amide bonds. The largest absolute Gasteiger partial charge is 0.310 e. The van der Waals surface area contributed by atoms with Crippen LogP contribution in [-0.4, -0.2) is 110 Å². The van der Waals surface area contributed by atoms with Crippen LogP contribution in [0.2, 0.25) is 0 Å². The second-order valence-electron chi connectivity index (χ2n) is 21.2.